The predicted molar refractivity (Wildman–Crippen MR) is 125 cm³/mol. The van der Waals surface area contributed by atoms with E-state index >= 15 is 0 Å². The molecule has 1 aromatic rings. The van der Waals surface area contributed by atoms with Crippen molar-refractivity contribution in [2.45, 2.75) is 57.9 Å². The van der Waals surface area contributed by atoms with E-state index in [1.165, 1.54) is 19.4 Å². The third-order valence-corrected chi connectivity index (χ3v) is 5.02. The lowest BCUT2D eigenvalue weighted by molar-refractivity contribution is -0.0453. The van der Waals surface area contributed by atoms with Gasteiger partial charge in [0.2, 0.25) is 0 Å². The molecule has 3 rings (SSSR count). The van der Waals surface area contributed by atoms with Crippen LogP contribution >= 0.6 is 24.0 Å². The molecule has 0 radical (unpaired) electrons. The molecule has 0 saturated carbocycles. The van der Waals surface area contributed by atoms with Gasteiger partial charge < -0.3 is 20.1 Å². The Labute approximate surface area is 186 Å². The van der Waals surface area contributed by atoms with Crippen LogP contribution in [0.3, 0.4) is 0 Å². The van der Waals surface area contributed by atoms with E-state index in [0.29, 0.717) is 12.6 Å². The molecule has 2 heterocycles. The fourth-order valence-corrected chi connectivity index (χ4v) is 3.70. The van der Waals surface area contributed by atoms with Crippen molar-refractivity contribution in [2.75, 3.05) is 33.3 Å². The number of para-hydroxylation sites is 1. The van der Waals surface area contributed by atoms with Gasteiger partial charge in [0.1, 0.15) is 11.4 Å². The first-order valence-corrected chi connectivity index (χ1v) is 10.0. The minimum atomic E-state index is -0.220. The molecule has 0 amide bonds. The van der Waals surface area contributed by atoms with Crippen LogP contribution in [-0.2, 0) is 11.3 Å². The van der Waals surface area contributed by atoms with E-state index in [0.717, 1.165) is 37.0 Å². The Morgan fingerprint density at radius 1 is 1.29 bits per heavy atom. The molecular weight excluding hydrogens is 467 g/mol. The van der Waals surface area contributed by atoms with Gasteiger partial charge in [0.15, 0.2) is 5.96 Å². The second-order valence-corrected chi connectivity index (χ2v) is 8.38. The molecule has 158 valence electrons. The first-order chi connectivity index (χ1) is 12.9. The quantitative estimate of drug-likeness (QED) is 0.369. The Balaban J connectivity index is 0.00000280. The van der Waals surface area contributed by atoms with Crippen molar-refractivity contribution in [1.29, 1.82) is 0 Å². The number of morpholine rings is 1. The average Bonchev–Trinajstić information content (AvgIpc) is 3.09. The number of rotatable bonds is 5. The van der Waals surface area contributed by atoms with Crippen LogP contribution in [0.5, 0.6) is 5.75 Å². The Morgan fingerprint density at radius 2 is 2.07 bits per heavy atom. The second-order valence-electron chi connectivity index (χ2n) is 8.38. The summed E-state index contributed by atoms with van der Waals surface area (Å²) >= 11 is 0. The Hall–Kier alpha value is -1.06. The highest BCUT2D eigenvalue weighted by Crippen LogP contribution is 2.23. The van der Waals surface area contributed by atoms with E-state index in [2.05, 4.69) is 47.4 Å². The van der Waals surface area contributed by atoms with Crippen molar-refractivity contribution in [3.63, 3.8) is 0 Å². The first-order valence-electron chi connectivity index (χ1n) is 10.0. The van der Waals surface area contributed by atoms with Crippen molar-refractivity contribution < 1.29 is 9.47 Å². The van der Waals surface area contributed by atoms with Crippen LogP contribution < -0.4 is 15.4 Å². The van der Waals surface area contributed by atoms with Crippen molar-refractivity contribution in [2.24, 2.45) is 4.99 Å². The van der Waals surface area contributed by atoms with Crippen LogP contribution in [0, 0.1) is 0 Å². The highest BCUT2D eigenvalue weighted by atomic mass is 127. The first kappa shape index (κ1) is 23.2. The number of halogens is 1. The largest absolute Gasteiger partial charge is 0.488 e. The summed E-state index contributed by atoms with van der Waals surface area (Å²) in [6.45, 7) is 10.7. The standard InChI is InChI=1S/C21H34N4O2.HI/c1-21(2,3)27-19-10-6-5-8-16(19)12-23-20(22-4)24-13-18-14-25-11-7-9-17(25)15-26-18;/h5-6,8,10,17-18H,7,9,11-15H2,1-4H3,(H2,22,23,24);1H. The van der Waals surface area contributed by atoms with Gasteiger partial charge in [0, 0.05) is 38.3 Å². The molecule has 2 aliphatic heterocycles. The highest BCUT2D eigenvalue weighted by Gasteiger charge is 2.32. The lowest BCUT2D eigenvalue weighted by Crippen LogP contribution is -2.51. The molecule has 2 saturated heterocycles. The minimum Gasteiger partial charge on any atom is -0.488 e. The van der Waals surface area contributed by atoms with Gasteiger partial charge in [-0.2, -0.15) is 0 Å². The molecule has 28 heavy (non-hydrogen) atoms. The van der Waals surface area contributed by atoms with Crippen LogP contribution in [0.1, 0.15) is 39.2 Å². The number of hydrogen-bond acceptors (Lipinski definition) is 4. The van der Waals surface area contributed by atoms with E-state index in [-0.39, 0.29) is 35.7 Å². The fourth-order valence-electron chi connectivity index (χ4n) is 3.70. The Bertz CT molecular complexity index is 648. The molecule has 6 nitrogen and oxygen atoms in total. The number of nitrogens with one attached hydrogen (secondary N) is 2. The van der Waals surface area contributed by atoms with Gasteiger partial charge in [0.25, 0.3) is 0 Å². The molecule has 0 bridgehead atoms. The third-order valence-electron chi connectivity index (χ3n) is 5.02. The second kappa shape index (κ2) is 10.6. The molecule has 2 aliphatic rings. The van der Waals surface area contributed by atoms with Crippen LogP contribution in [-0.4, -0.2) is 61.9 Å². The zero-order valence-electron chi connectivity index (χ0n) is 17.5. The maximum atomic E-state index is 6.07. The molecule has 2 atom stereocenters. The maximum Gasteiger partial charge on any atom is 0.191 e. The lowest BCUT2D eigenvalue weighted by atomic mass is 10.1. The van der Waals surface area contributed by atoms with E-state index in [1.54, 1.807) is 7.05 Å². The summed E-state index contributed by atoms with van der Waals surface area (Å²) < 4.78 is 12.1. The Kier molecular flexibility index (Phi) is 8.82. The van der Waals surface area contributed by atoms with E-state index in [4.69, 9.17) is 9.47 Å². The fraction of sp³-hybridized carbons (Fsp3) is 0.667. The molecule has 0 aromatic heterocycles. The summed E-state index contributed by atoms with van der Waals surface area (Å²) in [5, 5.41) is 6.79. The molecule has 2 N–H and O–H groups in total. The number of hydrogen-bond donors (Lipinski definition) is 2. The molecule has 2 fully saturated rings. The van der Waals surface area contributed by atoms with Crippen molar-refractivity contribution in [1.82, 2.24) is 15.5 Å². The molecule has 2 unspecified atom stereocenters. The number of ether oxygens (including phenoxy) is 2. The molecule has 0 spiro atoms. The summed E-state index contributed by atoms with van der Waals surface area (Å²) in [4.78, 5) is 6.90. The van der Waals surface area contributed by atoms with Gasteiger partial charge in [-0.15, -0.1) is 24.0 Å². The molecule has 7 heteroatoms. The summed E-state index contributed by atoms with van der Waals surface area (Å²) in [5.74, 6) is 1.69. The normalized spacial score (nSPS) is 22.9. The van der Waals surface area contributed by atoms with Crippen LogP contribution in [0.25, 0.3) is 0 Å². The molecular formula is C21H35IN4O2. The van der Waals surface area contributed by atoms with Gasteiger partial charge in [-0.05, 0) is 46.2 Å². The average molecular weight is 502 g/mol. The van der Waals surface area contributed by atoms with E-state index in [1.807, 2.05) is 18.2 Å². The van der Waals surface area contributed by atoms with Crippen molar-refractivity contribution in [3.8, 4) is 5.75 Å². The van der Waals surface area contributed by atoms with Crippen LogP contribution in [0.2, 0.25) is 0 Å². The summed E-state index contributed by atoms with van der Waals surface area (Å²) in [6, 6.07) is 8.77. The number of fused-ring (bicyclic) bond motifs is 1. The van der Waals surface area contributed by atoms with Crippen LogP contribution in [0.4, 0.5) is 0 Å². The molecule has 1 aromatic carbocycles. The lowest BCUT2D eigenvalue weighted by Gasteiger charge is -2.35. The van der Waals surface area contributed by atoms with E-state index < -0.39 is 0 Å². The molecule has 0 aliphatic carbocycles. The summed E-state index contributed by atoms with van der Waals surface area (Å²) in [6.07, 6.45) is 2.79. The SMILES string of the molecule is CN=C(NCc1ccccc1OC(C)(C)C)NCC1CN2CCCC2CO1.I. The zero-order chi connectivity index (χ0) is 19.3. The number of aliphatic imine (C=N–C) groups is 1. The van der Waals surface area contributed by atoms with Gasteiger partial charge >= 0.3 is 0 Å². The van der Waals surface area contributed by atoms with E-state index in [9.17, 15) is 0 Å². The van der Waals surface area contributed by atoms with Gasteiger partial charge in [-0.1, -0.05) is 18.2 Å². The van der Waals surface area contributed by atoms with Gasteiger partial charge in [-0.3, -0.25) is 9.89 Å². The predicted octanol–water partition coefficient (Wildman–Crippen LogP) is 3.01. The highest BCUT2D eigenvalue weighted by molar-refractivity contribution is 14.0. The smallest absolute Gasteiger partial charge is 0.191 e. The van der Waals surface area contributed by atoms with Gasteiger partial charge in [0.05, 0.1) is 12.7 Å². The minimum absolute atomic E-state index is 0. The Morgan fingerprint density at radius 3 is 2.82 bits per heavy atom. The van der Waals surface area contributed by atoms with Crippen molar-refractivity contribution >= 4 is 29.9 Å². The number of guanidine groups is 1. The third kappa shape index (κ3) is 6.77. The zero-order valence-corrected chi connectivity index (χ0v) is 19.9. The van der Waals surface area contributed by atoms with Gasteiger partial charge in [-0.25, -0.2) is 0 Å². The summed E-state index contributed by atoms with van der Waals surface area (Å²) in [7, 11) is 1.80. The summed E-state index contributed by atoms with van der Waals surface area (Å²) in [5.41, 5.74) is 0.895. The van der Waals surface area contributed by atoms with Crippen LogP contribution in [0.15, 0.2) is 29.3 Å². The topological polar surface area (TPSA) is 58.1 Å². The maximum absolute atomic E-state index is 6.07. The number of nitrogens with zero attached hydrogens (tertiary/aromatic N) is 2. The van der Waals surface area contributed by atoms with Crippen molar-refractivity contribution in [3.05, 3.63) is 29.8 Å². The number of benzene rings is 1. The monoisotopic (exact) mass is 502 g/mol.